The molecule has 6 nitrogen and oxygen atoms in total. The predicted molar refractivity (Wildman–Crippen MR) is 91.0 cm³/mol. The minimum atomic E-state index is -0.796. The number of hydrogen-bond acceptors (Lipinski definition) is 5. The van der Waals surface area contributed by atoms with Crippen molar-refractivity contribution >= 4 is 5.91 Å². The van der Waals surface area contributed by atoms with Crippen molar-refractivity contribution in [2.24, 2.45) is 0 Å². The molecule has 1 aromatic rings. The van der Waals surface area contributed by atoms with E-state index in [9.17, 15) is 4.79 Å². The summed E-state index contributed by atoms with van der Waals surface area (Å²) in [5, 5.41) is 3.33. The third-order valence-electron chi connectivity index (χ3n) is 5.06. The molecule has 1 aromatic heterocycles. The maximum atomic E-state index is 13.4. The molecule has 1 N–H and O–H groups in total. The number of ether oxygens (including phenoxy) is 2. The number of carbonyl (C=O) groups is 1. The van der Waals surface area contributed by atoms with E-state index in [0.29, 0.717) is 25.2 Å². The van der Waals surface area contributed by atoms with E-state index in [1.54, 1.807) is 13.3 Å². The van der Waals surface area contributed by atoms with Gasteiger partial charge in [0.25, 0.3) is 5.91 Å². The third kappa shape index (κ3) is 3.39. The molecule has 24 heavy (non-hydrogen) atoms. The Balaban J connectivity index is 1.85. The van der Waals surface area contributed by atoms with Gasteiger partial charge in [-0.15, -0.1) is 0 Å². The van der Waals surface area contributed by atoms with Crippen molar-refractivity contribution in [2.75, 3.05) is 33.4 Å². The molecular weight excluding hydrogens is 306 g/mol. The van der Waals surface area contributed by atoms with Crippen LogP contribution in [-0.2, 0) is 9.53 Å². The second-order valence-electron chi connectivity index (χ2n) is 6.68. The lowest BCUT2D eigenvalue weighted by Gasteiger charge is -2.40. The number of rotatable bonds is 5. The number of likely N-dealkylation sites (tertiary alicyclic amines) is 1. The van der Waals surface area contributed by atoms with Crippen LogP contribution >= 0.6 is 0 Å². The number of aromatic nitrogens is 1. The fourth-order valence-electron chi connectivity index (χ4n) is 3.71. The van der Waals surface area contributed by atoms with Crippen LogP contribution in [0.4, 0.5) is 0 Å². The zero-order valence-electron chi connectivity index (χ0n) is 14.6. The molecule has 0 spiro atoms. The fourth-order valence-corrected chi connectivity index (χ4v) is 3.71. The predicted octanol–water partition coefficient (Wildman–Crippen LogP) is 1.53. The minimum Gasteiger partial charge on any atom is -0.475 e. The lowest BCUT2D eigenvalue weighted by Crippen LogP contribution is -2.59. The van der Waals surface area contributed by atoms with Crippen molar-refractivity contribution < 1.29 is 14.3 Å². The summed E-state index contributed by atoms with van der Waals surface area (Å²) < 4.78 is 11.6. The van der Waals surface area contributed by atoms with Crippen LogP contribution in [0.15, 0.2) is 18.3 Å². The Hall–Kier alpha value is -1.66. The first-order chi connectivity index (χ1) is 11.7. The monoisotopic (exact) mass is 333 g/mol. The zero-order valence-corrected chi connectivity index (χ0v) is 14.6. The lowest BCUT2D eigenvalue weighted by atomic mass is 9.90. The normalized spacial score (nSPS) is 23.2. The first-order valence-electron chi connectivity index (χ1n) is 8.78. The Morgan fingerprint density at radius 2 is 2.25 bits per heavy atom. The zero-order chi connectivity index (χ0) is 17.0. The molecule has 0 saturated carbocycles. The van der Waals surface area contributed by atoms with Crippen molar-refractivity contribution in [3.05, 3.63) is 24.0 Å². The van der Waals surface area contributed by atoms with Crippen LogP contribution in [0.5, 0.6) is 5.75 Å². The highest BCUT2D eigenvalue weighted by atomic mass is 16.5. The Bertz CT molecular complexity index is 572. The summed E-state index contributed by atoms with van der Waals surface area (Å²) in [4.78, 5) is 19.7. The van der Waals surface area contributed by atoms with Gasteiger partial charge >= 0.3 is 0 Å². The van der Waals surface area contributed by atoms with Crippen LogP contribution in [0.25, 0.3) is 0 Å². The molecule has 6 heteroatoms. The van der Waals surface area contributed by atoms with E-state index in [0.717, 1.165) is 38.2 Å². The van der Waals surface area contributed by atoms with Crippen LogP contribution in [0, 0.1) is 6.92 Å². The van der Waals surface area contributed by atoms with E-state index >= 15 is 0 Å². The quantitative estimate of drug-likeness (QED) is 0.885. The first-order valence-corrected chi connectivity index (χ1v) is 8.78. The molecule has 3 heterocycles. The second-order valence-corrected chi connectivity index (χ2v) is 6.68. The number of aryl methyl sites for hydroxylation is 1. The van der Waals surface area contributed by atoms with Gasteiger partial charge in [0.1, 0.15) is 5.75 Å². The van der Waals surface area contributed by atoms with Gasteiger partial charge in [0.2, 0.25) is 0 Å². The van der Waals surface area contributed by atoms with E-state index in [-0.39, 0.29) is 11.9 Å². The third-order valence-corrected chi connectivity index (χ3v) is 5.06. The van der Waals surface area contributed by atoms with Crippen molar-refractivity contribution in [2.45, 2.75) is 44.2 Å². The number of piperidine rings is 1. The van der Waals surface area contributed by atoms with E-state index < -0.39 is 5.60 Å². The number of amides is 1. The highest BCUT2D eigenvalue weighted by molar-refractivity contribution is 5.86. The molecule has 3 rings (SSSR count). The molecule has 2 aliphatic rings. The highest BCUT2D eigenvalue weighted by Crippen LogP contribution is 2.32. The Kier molecular flexibility index (Phi) is 5.36. The van der Waals surface area contributed by atoms with Crippen LogP contribution in [0.3, 0.4) is 0 Å². The molecule has 1 amide bonds. The molecule has 0 aliphatic carbocycles. The molecule has 0 bridgehead atoms. The summed E-state index contributed by atoms with van der Waals surface area (Å²) in [5.74, 6) is 0.807. The van der Waals surface area contributed by atoms with Gasteiger partial charge in [-0.25, -0.2) is 0 Å². The topological polar surface area (TPSA) is 63.7 Å². The van der Waals surface area contributed by atoms with Gasteiger partial charge in [-0.05, 0) is 45.0 Å². The van der Waals surface area contributed by atoms with Crippen molar-refractivity contribution in [3.63, 3.8) is 0 Å². The van der Waals surface area contributed by atoms with Crippen molar-refractivity contribution in [1.82, 2.24) is 15.2 Å². The number of nitrogens with one attached hydrogen (secondary N) is 1. The first kappa shape index (κ1) is 17.2. The number of carbonyl (C=O) groups excluding carboxylic acids is 1. The van der Waals surface area contributed by atoms with Gasteiger partial charge in [-0.2, -0.15) is 0 Å². The number of nitrogens with zero attached hydrogens (tertiary/aromatic N) is 2. The fraction of sp³-hybridized carbons (Fsp3) is 0.667. The van der Waals surface area contributed by atoms with Crippen LogP contribution < -0.4 is 10.1 Å². The summed E-state index contributed by atoms with van der Waals surface area (Å²) in [6.45, 7) is 4.86. The molecule has 0 aromatic carbocycles. The summed E-state index contributed by atoms with van der Waals surface area (Å²) in [5.41, 5.74) is 0.0214. The summed E-state index contributed by atoms with van der Waals surface area (Å²) >= 11 is 0. The molecule has 0 unspecified atom stereocenters. The molecular formula is C18H27N3O3. The van der Waals surface area contributed by atoms with Gasteiger partial charge in [0, 0.05) is 32.7 Å². The molecule has 132 valence electrons. The smallest absolute Gasteiger partial charge is 0.267 e. The van der Waals surface area contributed by atoms with Crippen LogP contribution in [-0.4, -0.2) is 60.8 Å². The average Bonchev–Trinajstić information content (AvgIpc) is 3.06. The summed E-state index contributed by atoms with van der Waals surface area (Å²) in [6, 6.07) is 3.91. The maximum Gasteiger partial charge on any atom is 0.267 e. The summed E-state index contributed by atoms with van der Waals surface area (Å²) in [7, 11) is 1.69. The molecule has 0 radical (unpaired) electrons. The maximum absolute atomic E-state index is 13.4. The molecule has 2 saturated heterocycles. The number of methoxy groups -OCH3 is 1. The molecule has 2 fully saturated rings. The van der Waals surface area contributed by atoms with Crippen LogP contribution in [0.2, 0.25) is 0 Å². The Labute approximate surface area is 143 Å². The van der Waals surface area contributed by atoms with Gasteiger partial charge in [0.15, 0.2) is 5.60 Å². The van der Waals surface area contributed by atoms with E-state index in [2.05, 4.69) is 10.3 Å². The highest BCUT2D eigenvalue weighted by Gasteiger charge is 2.47. The standard InChI is InChI=1S/C18H27N3O3/c1-14-16(6-3-9-20-14)24-18(7-10-19-11-8-18)17(22)21-12-4-5-15(21)13-23-2/h3,6,9,15,19H,4-5,7-8,10-13H2,1-2H3/t15-/m0/s1. The minimum absolute atomic E-state index is 0.104. The van der Waals surface area contributed by atoms with Gasteiger partial charge in [-0.3, -0.25) is 9.78 Å². The average molecular weight is 333 g/mol. The van der Waals surface area contributed by atoms with Gasteiger partial charge < -0.3 is 19.7 Å². The van der Waals surface area contributed by atoms with E-state index in [1.807, 2.05) is 24.0 Å². The Morgan fingerprint density at radius 1 is 1.46 bits per heavy atom. The van der Waals surface area contributed by atoms with Crippen LogP contribution in [0.1, 0.15) is 31.4 Å². The lowest BCUT2D eigenvalue weighted by molar-refractivity contribution is -0.152. The Morgan fingerprint density at radius 3 is 2.96 bits per heavy atom. The number of pyridine rings is 1. The summed E-state index contributed by atoms with van der Waals surface area (Å²) in [6.07, 6.45) is 5.13. The van der Waals surface area contributed by atoms with E-state index in [1.165, 1.54) is 0 Å². The largest absolute Gasteiger partial charge is 0.475 e. The second kappa shape index (κ2) is 7.49. The molecule has 2 aliphatic heterocycles. The SMILES string of the molecule is COC[C@@H]1CCCN1C(=O)C1(Oc2cccnc2C)CCNCC1. The van der Waals surface area contributed by atoms with Crippen molar-refractivity contribution in [1.29, 1.82) is 0 Å². The van der Waals surface area contributed by atoms with Gasteiger partial charge in [-0.1, -0.05) is 0 Å². The molecule has 1 atom stereocenters. The number of hydrogen-bond donors (Lipinski definition) is 1. The van der Waals surface area contributed by atoms with E-state index in [4.69, 9.17) is 9.47 Å². The van der Waals surface area contributed by atoms with Crippen molar-refractivity contribution in [3.8, 4) is 5.75 Å². The van der Waals surface area contributed by atoms with Gasteiger partial charge in [0.05, 0.1) is 18.3 Å².